The maximum absolute atomic E-state index is 5.28. The molecule has 4 nitrogen and oxygen atoms in total. The summed E-state index contributed by atoms with van der Waals surface area (Å²) in [4.78, 5) is 4.54. The summed E-state index contributed by atoms with van der Waals surface area (Å²) < 4.78 is 5.28. The van der Waals surface area contributed by atoms with Crippen LogP contribution in [0.3, 0.4) is 0 Å². The summed E-state index contributed by atoms with van der Waals surface area (Å²) in [5.41, 5.74) is 6.24. The lowest BCUT2D eigenvalue weighted by Crippen LogP contribution is -1.96. The molecule has 0 saturated heterocycles. The van der Waals surface area contributed by atoms with E-state index in [4.69, 9.17) is 4.74 Å². The molecular weight excluding hydrogens is 334 g/mol. The SMILES string of the molecule is COc1cccc(Nc2ccc3c(Nc4ccccc4C)ccnc3c2)c1. The Morgan fingerprint density at radius 3 is 2.48 bits per heavy atom. The first-order chi connectivity index (χ1) is 13.2. The first-order valence-corrected chi connectivity index (χ1v) is 8.85. The van der Waals surface area contributed by atoms with E-state index >= 15 is 0 Å². The van der Waals surface area contributed by atoms with Gasteiger partial charge in [0.05, 0.1) is 12.6 Å². The van der Waals surface area contributed by atoms with Gasteiger partial charge < -0.3 is 15.4 Å². The number of rotatable bonds is 5. The van der Waals surface area contributed by atoms with Gasteiger partial charge in [-0.1, -0.05) is 24.3 Å². The molecule has 3 aromatic carbocycles. The number of nitrogens with zero attached hydrogens (tertiary/aromatic N) is 1. The highest BCUT2D eigenvalue weighted by molar-refractivity contribution is 5.95. The van der Waals surface area contributed by atoms with Gasteiger partial charge in [0.1, 0.15) is 5.75 Å². The standard InChI is InChI=1S/C23H21N3O/c1-16-6-3-4-9-21(16)26-22-12-13-24-23-15-18(10-11-20(22)23)25-17-7-5-8-19(14-17)27-2/h3-15,25H,1-2H3,(H,24,26). The van der Waals surface area contributed by atoms with Gasteiger partial charge in [0.25, 0.3) is 0 Å². The molecule has 134 valence electrons. The van der Waals surface area contributed by atoms with E-state index in [1.165, 1.54) is 5.56 Å². The normalized spacial score (nSPS) is 10.6. The van der Waals surface area contributed by atoms with Gasteiger partial charge in [0, 0.05) is 40.4 Å². The van der Waals surface area contributed by atoms with Crippen LogP contribution >= 0.6 is 0 Å². The van der Waals surface area contributed by atoms with E-state index in [1.54, 1.807) is 7.11 Å². The lowest BCUT2D eigenvalue weighted by Gasteiger charge is -2.13. The Balaban J connectivity index is 1.64. The monoisotopic (exact) mass is 355 g/mol. The van der Waals surface area contributed by atoms with E-state index in [2.05, 4.69) is 52.9 Å². The van der Waals surface area contributed by atoms with Crippen molar-refractivity contribution in [3.05, 3.63) is 84.6 Å². The summed E-state index contributed by atoms with van der Waals surface area (Å²) in [6.45, 7) is 2.10. The highest BCUT2D eigenvalue weighted by Gasteiger charge is 2.06. The summed E-state index contributed by atoms with van der Waals surface area (Å²) in [6.07, 6.45) is 1.83. The molecule has 1 aromatic heterocycles. The molecule has 27 heavy (non-hydrogen) atoms. The first kappa shape index (κ1) is 16.9. The number of aryl methyl sites for hydroxylation is 1. The van der Waals surface area contributed by atoms with Crippen molar-refractivity contribution in [3.63, 3.8) is 0 Å². The fourth-order valence-corrected chi connectivity index (χ4v) is 3.06. The predicted octanol–water partition coefficient (Wildman–Crippen LogP) is 6.04. The summed E-state index contributed by atoms with van der Waals surface area (Å²) in [5.74, 6) is 0.823. The van der Waals surface area contributed by atoms with Crippen molar-refractivity contribution in [1.82, 2.24) is 4.98 Å². The number of hydrogen-bond donors (Lipinski definition) is 2. The predicted molar refractivity (Wildman–Crippen MR) is 112 cm³/mol. The molecule has 4 rings (SSSR count). The molecule has 0 fully saturated rings. The van der Waals surface area contributed by atoms with E-state index in [0.29, 0.717) is 0 Å². The molecular formula is C23H21N3O. The Hall–Kier alpha value is -3.53. The molecule has 0 radical (unpaired) electrons. The zero-order valence-electron chi connectivity index (χ0n) is 15.4. The third-order valence-electron chi connectivity index (χ3n) is 4.52. The summed E-state index contributed by atoms with van der Waals surface area (Å²) in [7, 11) is 1.67. The molecule has 2 N–H and O–H groups in total. The number of hydrogen-bond acceptors (Lipinski definition) is 4. The van der Waals surface area contributed by atoms with Crippen LogP contribution in [-0.4, -0.2) is 12.1 Å². The highest BCUT2D eigenvalue weighted by atomic mass is 16.5. The van der Waals surface area contributed by atoms with Crippen LogP contribution in [0.4, 0.5) is 22.7 Å². The van der Waals surface area contributed by atoms with Crippen LogP contribution in [0.2, 0.25) is 0 Å². The molecule has 0 atom stereocenters. The molecule has 0 spiro atoms. The number of fused-ring (bicyclic) bond motifs is 1. The van der Waals surface area contributed by atoms with E-state index < -0.39 is 0 Å². The number of anilines is 4. The second-order valence-electron chi connectivity index (χ2n) is 6.39. The Labute approximate surface area is 158 Å². The van der Waals surface area contributed by atoms with Crippen LogP contribution < -0.4 is 15.4 Å². The minimum atomic E-state index is 0.823. The van der Waals surface area contributed by atoms with Crippen molar-refractivity contribution in [2.75, 3.05) is 17.7 Å². The van der Waals surface area contributed by atoms with E-state index in [9.17, 15) is 0 Å². The Morgan fingerprint density at radius 1 is 0.778 bits per heavy atom. The van der Waals surface area contributed by atoms with Crippen molar-refractivity contribution < 1.29 is 4.74 Å². The quantitative estimate of drug-likeness (QED) is 0.458. The Kier molecular flexibility index (Phi) is 4.62. The molecule has 0 unspecified atom stereocenters. The molecule has 4 aromatic rings. The summed E-state index contributed by atoms with van der Waals surface area (Å²) in [6, 6.07) is 24.3. The van der Waals surface area contributed by atoms with Crippen molar-refractivity contribution in [1.29, 1.82) is 0 Å². The lowest BCUT2D eigenvalue weighted by molar-refractivity contribution is 0.415. The number of aromatic nitrogens is 1. The molecule has 0 amide bonds. The average Bonchev–Trinajstić information content (AvgIpc) is 2.70. The van der Waals surface area contributed by atoms with Crippen LogP contribution in [0.5, 0.6) is 5.75 Å². The Bertz CT molecular complexity index is 1090. The number of nitrogens with one attached hydrogen (secondary N) is 2. The zero-order valence-corrected chi connectivity index (χ0v) is 15.4. The third-order valence-corrected chi connectivity index (χ3v) is 4.52. The fourth-order valence-electron chi connectivity index (χ4n) is 3.06. The molecule has 0 aliphatic heterocycles. The van der Waals surface area contributed by atoms with Gasteiger partial charge in [0.15, 0.2) is 0 Å². The van der Waals surface area contributed by atoms with Gasteiger partial charge >= 0.3 is 0 Å². The maximum atomic E-state index is 5.28. The summed E-state index contributed by atoms with van der Waals surface area (Å²) in [5, 5.41) is 8.01. The number of para-hydroxylation sites is 1. The maximum Gasteiger partial charge on any atom is 0.120 e. The average molecular weight is 355 g/mol. The van der Waals surface area contributed by atoms with Gasteiger partial charge in [-0.3, -0.25) is 4.98 Å². The minimum Gasteiger partial charge on any atom is -0.497 e. The molecule has 0 bridgehead atoms. The van der Waals surface area contributed by atoms with E-state index in [-0.39, 0.29) is 0 Å². The number of pyridine rings is 1. The van der Waals surface area contributed by atoms with Crippen molar-refractivity contribution in [2.24, 2.45) is 0 Å². The van der Waals surface area contributed by atoms with Gasteiger partial charge in [-0.2, -0.15) is 0 Å². The van der Waals surface area contributed by atoms with E-state index in [0.717, 1.165) is 39.4 Å². The molecule has 0 aliphatic rings. The third kappa shape index (κ3) is 3.70. The van der Waals surface area contributed by atoms with Crippen molar-refractivity contribution in [3.8, 4) is 5.75 Å². The Morgan fingerprint density at radius 2 is 1.63 bits per heavy atom. The van der Waals surface area contributed by atoms with Gasteiger partial charge in [-0.25, -0.2) is 0 Å². The molecule has 1 heterocycles. The smallest absolute Gasteiger partial charge is 0.120 e. The zero-order chi connectivity index (χ0) is 18.6. The number of ether oxygens (including phenoxy) is 1. The fraction of sp³-hybridized carbons (Fsp3) is 0.0870. The van der Waals surface area contributed by atoms with Gasteiger partial charge in [0.2, 0.25) is 0 Å². The van der Waals surface area contributed by atoms with Gasteiger partial charge in [-0.05, 0) is 55.0 Å². The lowest BCUT2D eigenvalue weighted by atomic mass is 10.1. The topological polar surface area (TPSA) is 46.2 Å². The molecule has 0 saturated carbocycles. The van der Waals surface area contributed by atoms with Crippen LogP contribution in [0, 0.1) is 6.92 Å². The summed E-state index contributed by atoms with van der Waals surface area (Å²) >= 11 is 0. The van der Waals surface area contributed by atoms with Crippen molar-refractivity contribution >= 4 is 33.7 Å². The van der Waals surface area contributed by atoms with Crippen molar-refractivity contribution in [2.45, 2.75) is 6.92 Å². The van der Waals surface area contributed by atoms with Crippen LogP contribution in [-0.2, 0) is 0 Å². The molecule has 4 heteroatoms. The van der Waals surface area contributed by atoms with E-state index in [1.807, 2.05) is 48.7 Å². The minimum absolute atomic E-state index is 0.823. The number of benzene rings is 3. The first-order valence-electron chi connectivity index (χ1n) is 8.85. The second-order valence-corrected chi connectivity index (χ2v) is 6.39. The second kappa shape index (κ2) is 7.38. The van der Waals surface area contributed by atoms with Crippen LogP contribution in [0.15, 0.2) is 79.0 Å². The van der Waals surface area contributed by atoms with Crippen LogP contribution in [0.1, 0.15) is 5.56 Å². The molecule has 0 aliphatic carbocycles. The largest absolute Gasteiger partial charge is 0.497 e. The number of methoxy groups -OCH3 is 1. The van der Waals surface area contributed by atoms with Gasteiger partial charge in [-0.15, -0.1) is 0 Å². The highest BCUT2D eigenvalue weighted by Crippen LogP contribution is 2.29. The van der Waals surface area contributed by atoms with Crippen LogP contribution in [0.25, 0.3) is 10.9 Å².